The van der Waals surface area contributed by atoms with E-state index in [1.165, 1.54) is 0 Å². The third-order valence-electron chi connectivity index (χ3n) is 2.70. The number of carbonyl (C=O) groups excluding carboxylic acids is 1. The number of hydrogen-bond donors (Lipinski definition) is 3. The molecule has 4 atom stereocenters. The number of carbonyl (C=O) groups is 1. The highest BCUT2D eigenvalue weighted by atomic mass is 16.6. The van der Waals surface area contributed by atoms with Gasteiger partial charge >= 0.3 is 5.97 Å². The Morgan fingerprint density at radius 1 is 1.22 bits per heavy atom. The van der Waals surface area contributed by atoms with Crippen LogP contribution in [0.5, 0.6) is 0 Å². The second-order valence-electron chi connectivity index (χ2n) is 4.02. The smallest absolute Gasteiger partial charge is 0.338 e. The fourth-order valence-electron chi connectivity index (χ4n) is 1.69. The SMILES string of the molecule is O=C(O[C@@H]1[C@@H](O)[C@@H](O)OC[C@@H]1O)c1ccccc1. The summed E-state index contributed by atoms with van der Waals surface area (Å²) < 4.78 is 9.68. The number of aliphatic hydroxyl groups excluding tert-OH is 3. The number of rotatable bonds is 2. The average molecular weight is 254 g/mol. The predicted octanol–water partition coefficient (Wildman–Crippen LogP) is -0.718. The maximum atomic E-state index is 11.7. The monoisotopic (exact) mass is 254 g/mol. The molecule has 3 N–H and O–H groups in total. The van der Waals surface area contributed by atoms with E-state index in [2.05, 4.69) is 4.74 Å². The van der Waals surface area contributed by atoms with Crippen LogP contribution in [0.3, 0.4) is 0 Å². The van der Waals surface area contributed by atoms with Gasteiger partial charge in [-0.05, 0) is 12.1 Å². The first-order chi connectivity index (χ1) is 8.59. The van der Waals surface area contributed by atoms with Crippen LogP contribution in [0.4, 0.5) is 0 Å². The second kappa shape index (κ2) is 5.45. The van der Waals surface area contributed by atoms with Crippen LogP contribution in [0.25, 0.3) is 0 Å². The van der Waals surface area contributed by atoms with Crippen molar-refractivity contribution in [1.82, 2.24) is 0 Å². The third kappa shape index (κ3) is 2.68. The summed E-state index contributed by atoms with van der Waals surface area (Å²) in [4.78, 5) is 11.7. The van der Waals surface area contributed by atoms with Gasteiger partial charge in [0.05, 0.1) is 12.2 Å². The standard InChI is InChI=1S/C12H14O6/c13-8-6-17-12(16)9(14)10(8)18-11(15)7-4-2-1-3-5-7/h1-5,8-10,12-14,16H,6H2/t8-,9+,10-,12-/m0/s1. The molecule has 0 aromatic heterocycles. The van der Waals surface area contributed by atoms with E-state index in [9.17, 15) is 20.1 Å². The van der Waals surface area contributed by atoms with Crippen molar-refractivity contribution in [3.8, 4) is 0 Å². The van der Waals surface area contributed by atoms with Gasteiger partial charge in [-0.2, -0.15) is 0 Å². The van der Waals surface area contributed by atoms with Crippen molar-refractivity contribution in [1.29, 1.82) is 0 Å². The van der Waals surface area contributed by atoms with Gasteiger partial charge in [-0.15, -0.1) is 0 Å². The minimum absolute atomic E-state index is 0.203. The van der Waals surface area contributed by atoms with Gasteiger partial charge in [0.15, 0.2) is 12.4 Å². The molecular formula is C12H14O6. The zero-order valence-corrected chi connectivity index (χ0v) is 9.47. The van der Waals surface area contributed by atoms with Gasteiger partial charge < -0.3 is 24.8 Å². The zero-order valence-electron chi connectivity index (χ0n) is 9.47. The number of hydrogen-bond acceptors (Lipinski definition) is 6. The minimum atomic E-state index is -1.47. The van der Waals surface area contributed by atoms with Crippen LogP contribution in [0, 0.1) is 0 Å². The minimum Gasteiger partial charge on any atom is -0.453 e. The molecule has 1 saturated heterocycles. The summed E-state index contributed by atoms with van der Waals surface area (Å²) in [6.45, 7) is -0.203. The Morgan fingerprint density at radius 2 is 1.89 bits per heavy atom. The van der Waals surface area contributed by atoms with Gasteiger partial charge in [-0.25, -0.2) is 4.79 Å². The highest BCUT2D eigenvalue weighted by Gasteiger charge is 2.40. The Labute approximate surface area is 103 Å². The number of benzene rings is 1. The van der Waals surface area contributed by atoms with Gasteiger partial charge in [0.25, 0.3) is 0 Å². The Hall–Kier alpha value is -1.47. The maximum absolute atomic E-state index is 11.7. The number of esters is 1. The molecule has 6 heteroatoms. The second-order valence-corrected chi connectivity index (χ2v) is 4.02. The fourth-order valence-corrected chi connectivity index (χ4v) is 1.69. The first-order valence-electron chi connectivity index (χ1n) is 5.51. The van der Waals surface area contributed by atoms with Crippen molar-refractivity contribution >= 4 is 5.97 Å². The van der Waals surface area contributed by atoms with Crippen LogP contribution in [-0.2, 0) is 9.47 Å². The van der Waals surface area contributed by atoms with Crippen molar-refractivity contribution in [2.45, 2.75) is 24.6 Å². The topological polar surface area (TPSA) is 96.2 Å². The first kappa shape index (κ1) is 13.0. The summed E-state index contributed by atoms with van der Waals surface area (Å²) in [7, 11) is 0. The molecule has 2 rings (SSSR count). The lowest BCUT2D eigenvalue weighted by atomic mass is 10.1. The molecule has 1 aromatic rings. The predicted molar refractivity (Wildman–Crippen MR) is 59.6 cm³/mol. The summed E-state index contributed by atoms with van der Waals surface area (Å²) in [5.41, 5.74) is 0.304. The Balaban J connectivity index is 2.06. The van der Waals surface area contributed by atoms with Gasteiger partial charge in [-0.3, -0.25) is 0 Å². The molecule has 0 bridgehead atoms. The van der Waals surface area contributed by atoms with Crippen molar-refractivity contribution in [2.75, 3.05) is 6.61 Å². The van der Waals surface area contributed by atoms with E-state index in [0.717, 1.165) is 0 Å². The Morgan fingerprint density at radius 3 is 2.56 bits per heavy atom. The lowest BCUT2D eigenvalue weighted by Crippen LogP contribution is -2.54. The molecule has 0 aliphatic carbocycles. The summed E-state index contributed by atoms with van der Waals surface area (Å²) in [6.07, 6.45) is -5.32. The molecule has 18 heavy (non-hydrogen) atoms. The van der Waals surface area contributed by atoms with E-state index in [0.29, 0.717) is 5.56 Å². The summed E-state index contributed by atoms with van der Waals surface area (Å²) in [5, 5.41) is 28.4. The summed E-state index contributed by atoms with van der Waals surface area (Å²) >= 11 is 0. The van der Waals surface area contributed by atoms with E-state index in [1.807, 2.05) is 0 Å². The van der Waals surface area contributed by atoms with Crippen LogP contribution in [-0.4, -0.2) is 52.5 Å². The van der Waals surface area contributed by atoms with E-state index in [4.69, 9.17) is 4.74 Å². The molecule has 6 nitrogen and oxygen atoms in total. The summed E-state index contributed by atoms with van der Waals surface area (Å²) in [6, 6.07) is 8.19. The van der Waals surface area contributed by atoms with Crippen LogP contribution in [0.2, 0.25) is 0 Å². The highest BCUT2D eigenvalue weighted by molar-refractivity contribution is 5.89. The molecule has 1 fully saturated rings. The zero-order chi connectivity index (χ0) is 13.1. The normalized spacial score (nSPS) is 31.9. The lowest BCUT2D eigenvalue weighted by molar-refractivity contribution is -0.251. The Bertz CT molecular complexity index is 406. The first-order valence-corrected chi connectivity index (χ1v) is 5.51. The van der Waals surface area contributed by atoms with Gasteiger partial charge in [-0.1, -0.05) is 18.2 Å². The maximum Gasteiger partial charge on any atom is 0.338 e. The summed E-state index contributed by atoms with van der Waals surface area (Å²) in [5.74, 6) is -0.673. The van der Waals surface area contributed by atoms with E-state index in [-0.39, 0.29) is 6.61 Å². The number of aliphatic hydroxyl groups is 3. The van der Waals surface area contributed by atoms with Gasteiger partial charge in [0, 0.05) is 0 Å². The average Bonchev–Trinajstić information content (AvgIpc) is 2.40. The molecule has 1 heterocycles. The largest absolute Gasteiger partial charge is 0.453 e. The highest BCUT2D eigenvalue weighted by Crippen LogP contribution is 2.18. The van der Waals surface area contributed by atoms with Crippen LogP contribution in [0.15, 0.2) is 30.3 Å². The molecule has 1 aliphatic rings. The molecule has 98 valence electrons. The molecule has 1 aliphatic heterocycles. The van der Waals surface area contributed by atoms with Gasteiger partial charge in [0.2, 0.25) is 0 Å². The molecule has 0 unspecified atom stereocenters. The molecular weight excluding hydrogens is 240 g/mol. The van der Waals surface area contributed by atoms with Crippen molar-refractivity contribution in [2.24, 2.45) is 0 Å². The van der Waals surface area contributed by atoms with Crippen molar-refractivity contribution in [3.05, 3.63) is 35.9 Å². The molecule has 1 aromatic carbocycles. The van der Waals surface area contributed by atoms with E-state index < -0.39 is 30.6 Å². The molecule has 0 radical (unpaired) electrons. The van der Waals surface area contributed by atoms with Gasteiger partial charge in [0.1, 0.15) is 12.2 Å². The third-order valence-corrected chi connectivity index (χ3v) is 2.70. The molecule has 0 amide bonds. The van der Waals surface area contributed by atoms with Crippen LogP contribution < -0.4 is 0 Å². The molecule has 0 spiro atoms. The Kier molecular flexibility index (Phi) is 3.93. The van der Waals surface area contributed by atoms with Crippen molar-refractivity contribution in [3.63, 3.8) is 0 Å². The van der Waals surface area contributed by atoms with Crippen LogP contribution >= 0.6 is 0 Å². The quantitative estimate of drug-likeness (QED) is 0.603. The lowest BCUT2D eigenvalue weighted by Gasteiger charge is -2.34. The van der Waals surface area contributed by atoms with E-state index >= 15 is 0 Å². The van der Waals surface area contributed by atoms with Crippen molar-refractivity contribution < 1.29 is 29.6 Å². The van der Waals surface area contributed by atoms with Crippen LogP contribution in [0.1, 0.15) is 10.4 Å². The fraction of sp³-hybridized carbons (Fsp3) is 0.417. The number of ether oxygens (including phenoxy) is 2. The molecule has 0 saturated carbocycles. The van der Waals surface area contributed by atoms with E-state index in [1.54, 1.807) is 30.3 Å².